The molecule has 0 bridgehead atoms. The molecule has 4 rings (SSSR count). The smallest absolute Gasteiger partial charge is 0.0621 e. The summed E-state index contributed by atoms with van der Waals surface area (Å²) >= 11 is 0. The SMILES string of the molecule is Cc1ccccc1C(c1ccccc1)(c1ccccc1C)C(P)(P)c1ccccc1. The van der Waals surface area contributed by atoms with Crippen LogP contribution >= 0.6 is 18.5 Å². The van der Waals surface area contributed by atoms with E-state index < -0.39 is 5.41 Å². The fourth-order valence-electron chi connectivity index (χ4n) is 4.75. The first kappa shape index (κ1) is 21.0. The van der Waals surface area contributed by atoms with E-state index in [1.54, 1.807) is 0 Å². The van der Waals surface area contributed by atoms with Crippen LogP contribution in [-0.4, -0.2) is 0 Å². The summed E-state index contributed by atoms with van der Waals surface area (Å²) in [5.41, 5.74) is 7.34. The third-order valence-corrected chi connectivity index (χ3v) is 7.71. The highest BCUT2D eigenvalue weighted by Gasteiger charge is 2.51. The van der Waals surface area contributed by atoms with Crippen LogP contribution in [0.2, 0.25) is 0 Å². The van der Waals surface area contributed by atoms with Gasteiger partial charge in [-0.1, -0.05) is 109 Å². The molecule has 0 saturated heterocycles. The Morgan fingerprint density at radius 2 is 0.833 bits per heavy atom. The van der Waals surface area contributed by atoms with Gasteiger partial charge in [-0.3, -0.25) is 0 Å². The fraction of sp³-hybridized carbons (Fsp3) is 0.143. The van der Waals surface area contributed by atoms with Gasteiger partial charge in [-0.05, 0) is 47.2 Å². The van der Waals surface area contributed by atoms with Gasteiger partial charge in [0.25, 0.3) is 0 Å². The van der Waals surface area contributed by atoms with E-state index in [0.717, 1.165) is 0 Å². The van der Waals surface area contributed by atoms with Crippen LogP contribution in [0.4, 0.5) is 0 Å². The Morgan fingerprint density at radius 1 is 0.467 bits per heavy atom. The fourth-order valence-corrected chi connectivity index (χ4v) is 6.09. The van der Waals surface area contributed by atoms with Crippen molar-refractivity contribution in [1.82, 2.24) is 0 Å². The standard InChI is InChI=1S/C28H28P2/c1-21-13-9-11-19-25(21)27(23-15-5-3-6-16-23,26-20-12-10-14-22(26)2)28(29,30)24-17-7-4-8-18-24/h3-20H,29-30H2,1-2H3. The molecule has 4 aromatic rings. The van der Waals surface area contributed by atoms with Crippen LogP contribution in [0.3, 0.4) is 0 Å². The van der Waals surface area contributed by atoms with E-state index >= 15 is 0 Å². The first-order chi connectivity index (χ1) is 14.5. The topological polar surface area (TPSA) is 0 Å². The van der Waals surface area contributed by atoms with Crippen molar-refractivity contribution < 1.29 is 0 Å². The van der Waals surface area contributed by atoms with Crippen molar-refractivity contribution >= 4 is 18.5 Å². The van der Waals surface area contributed by atoms with Crippen molar-refractivity contribution in [2.24, 2.45) is 0 Å². The molecular formula is C28H28P2. The molecule has 0 aliphatic rings. The Balaban J connectivity index is 2.21. The van der Waals surface area contributed by atoms with Crippen LogP contribution in [0.1, 0.15) is 33.4 Å². The Morgan fingerprint density at radius 3 is 1.27 bits per heavy atom. The summed E-state index contributed by atoms with van der Waals surface area (Å²) < 4.78 is 0. The first-order valence-electron chi connectivity index (χ1n) is 10.3. The Kier molecular flexibility index (Phi) is 5.92. The molecule has 0 amide bonds. The van der Waals surface area contributed by atoms with Gasteiger partial charge in [0.1, 0.15) is 0 Å². The van der Waals surface area contributed by atoms with Gasteiger partial charge < -0.3 is 0 Å². The van der Waals surface area contributed by atoms with E-state index in [4.69, 9.17) is 0 Å². The zero-order chi connectivity index (χ0) is 21.2. The molecule has 2 heteroatoms. The molecule has 0 aliphatic heterocycles. The van der Waals surface area contributed by atoms with Gasteiger partial charge >= 0.3 is 0 Å². The third-order valence-electron chi connectivity index (χ3n) is 6.18. The summed E-state index contributed by atoms with van der Waals surface area (Å²) in [5, 5.41) is 0. The summed E-state index contributed by atoms with van der Waals surface area (Å²) in [4.78, 5) is -0.367. The molecule has 30 heavy (non-hydrogen) atoms. The molecule has 0 saturated carbocycles. The second-order valence-electron chi connectivity index (χ2n) is 7.98. The summed E-state index contributed by atoms with van der Waals surface area (Å²) in [6, 6.07) is 39.3. The molecule has 0 nitrogen and oxygen atoms in total. The van der Waals surface area contributed by atoms with Crippen LogP contribution in [0.5, 0.6) is 0 Å². The predicted molar refractivity (Wildman–Crippen MR) is 136 cm³/mol. The lowest BCUT2D eigenvalue weighted by atomic mass is 9.63. The molecule has 0 heterocycles. The largest absolute Gasteiger partial charge is 0.121 e. The van der Waals surface area contributed by atoms with E-state index in [2.05, 4.69) is 142 Å². The maximum absolute atomic E-state index is 3.20. The third kappa shape index (κ3) is 3.33. The minimum Gasteiger partial charge on any atom is -0.121 e. The number of aryl methyl sites for hydroxylation is 2. The molecule has 0 radical (unpaired) electrons. The molecule has 0 N–H and O–H groups in total. The van der Waals surface area contributed by atoms with Gasteiger partial charge in [-0.25, -0.2) is 0 Å². The van der Waals surface area contributed by atoms with Crippen LogP contribution in [0.25, 0.3) is 0 Å². The van der Waals surface area contributed by atoms with Gasteiger partial charge in [0, 0.05) is 4.90 Å². The molecule has 0 fully saturated rings. The normalized spacial score (nSPS) is 12.0. The van der Waals surface area contributed by atoms with E-state index in [1.165, 1.54) is 33.4 Å². The molecule has 2 unspecified atom stereocenters. The van der Waals surface area contributed by atoms with Crippen LogP contribution in [0.15, 0.2) is 109 Å². The summed E-state index contributed by atoms with van der Waals surface area (Å²) in [6.07, 6.45) is 0. The van der Waals surface area contributed by atoms with E-state index in [0.29, 0.717) is 0 Å². The van der Waals surface area contributed by atoms with Crippen LogP contribution in [0, 0.1) is 13.8 Å². The van der Waals surface area contributed by atoms with Crippen molar-refractivity contribution in [3.63, 3.8) is 0 Å². The molecule has 2 atom stereocenters. The Hall–Kier alpha value is -2.26. The van der Waals surface area contributed by atoms with Crippen LogP contribution < -0.4 is 0 Å². The second kappa shape index (κ2) is 8.47. The van der Waals surface area contributed by atoms with Gasteiger partial charge in [0.05, 0.1) is 5.41 Å². The highest BCUT2D eigenvalue weighted by atomic mass is 31.1. The van der Waals surface area contributed by atoms with Gasteiger partial charge in [0.2, 0.25) is 0 Å². The lowest BCUT2D eigenvalue weighted by Crippen LogP contribution is -2.44. The van der Waals surface area contributed by atoms with E-state index in [9.17, 15) is 0 Å². The zero-order valence-corrected chi connectivity index (χ0v) is 19.9. The molecule has 0 aromatic heterocycles. The highest BCUT2D eigenvalue weighted by molar-refractivity contribution is 7.39. The summed E-state index contributed by atoms with van der Waals surface area (Å²) in [5.74, 6) is 0. The lowest BCUT2D eigenvalue weighted by Gasteiger charge is -2.49. The van der Waals surface area contributed by atoms with Crippen molar-refractivity contribution in [3.8, 4) is 0 Å². The number of hydrogen-bond acceptors (Lipinski definition) is 0. The first-order valence-corrected chi connectivity index (χ1v) is 11.5. The molecular weight excluding hydrogens is 398 g/mol. The number of benzene rings is 4. The zero-order valence-electron chi connectivity index (χ0n) is 17.5. The van der Waals surface area contributed by atoms with Crippen molar-refractivity contribution in [1.29, 1.82) is 0 Å². The van der Waals surface area contributed by atoms with Crippen molar-refractivity contribution in [2.75, 3.05) is 0 Å². The van der Waals surface area contributed by atoms with Gasteiger partial charge in [-0.2, -0.15) is 0 Å². The van der Waals surface area contributed by atoms with Crippen molar-refractivity contribution in [3.05, 3.63) is 143 Å². The average molecular weight is 426 g/mol. The van der Waals surface area contributed by atoms with E-state index in [-0.39, 0.29) is 4.90 Å². The molecule has 150 valence electrons. The number of rotatable bonds is 5. The lowest BCUT2D eigenvalue weighted by molar-refractivity contribution is 0.554. The monoisotopic (exact) mass is 426 g/mol. The average Bonchev–Trinajstić information content (AvgIpc) is 2.78. The maximum atomic E-state index is 3.20. The predicted octanol–water partition coefficient (Wildman–Crippen LogP) is 7.24. The summed E-state index contributed by atoms with van der Waals surface area (Å²) in [6.45, 7) is 4.45. The van der Waals surface area contributed by atoms with Crippen molar-refractivity contribution in [2.45, 2.75) is 24.2 Å². The minimum absolute atomic E-state index is 0.367. The maximum Gasteiger partial charge on any atom is 0.0621 e. The molecule has 0 spiro atoms. The minimum atomic E-state index is -0.415. The second-order valence-corrected chi connectivity index (χ2v) is 10.5. The van der Waals surface area contributed by atoms with Gasteiger partial charge in [0.15, 0.2) is 0 Å². The van der Waals surface area contributed by atoms with Gasteiger partial charge in [-0.15, -0.1) is 18.5 Å². The Bertz CT molecular complexity index is 1090. The Labute approximate surface area is 185 Å². The number of hydrogen-bond donors (Lipinski definition) is 0. The molecule has 4 aromatic carbocycles. The molecule has 0 aliphatic carbocycles. The summed E-state index contributed by atoms with van der Waals surface area (Å²) in [7, 11) is 6.40. The van der Waals surface area contributed by atoms with E-state index in [1.807, 2.05) is 0 Å². The van der Waals surface area contributed by atoms with Crippen LogP contribution in [-0.2, 0) is 10.3 Å². The highest BCUT2D eigenvalue weighted by Crippen LogP contribution is 2.61. The quantitative estimate of drug-likeness (QED) is 0.233.